The number of anilines is 2. The minimum atomic E-state index is 0.254. The summed E-state index contributed by atoms with van der Waals surface area (Å²) in [6.07, 6.45) is 3.87. The fraction of sp³-hybridized carbons (Fsp3) is 0.346. The number of rotatable bonds is 11. The zero-order valence-corrected chi connectivity index (χ0v) is 22.1. The predicted molar refractivity (Wildman–Crippen MR) is 142 cm³/mol. The van der Waals surface area contributed by atoms with Crippen LogP contribution in [-0.2, 0) is 13.1 Å². The van der Waals surface area contributed by atoms with E-state index in [9.17, 15) is 0 Å². The zero-order valence-electron chi connectivity index (χ0n) is 20.5. The Hall–Kier alpha value is -3.33. The van der Waals surface area contributed by atoms with Crippen molar-refractivity contribution in [2.45, 2.75) is 45.8 Å². The average Bonchev–Trinajstić information content (AvgIpc) is 3.24. The molecular formula is C26H31BrN6O2. The Labute approximate surface area is 214 Å². The highest BCUT2D eigenvalue weighted by Crippen LogP contribution is 2.27. The number of hydrogen-bond acceptors (Lipinski definition) is 7. The fourth-order valence-electron chi connectivity index (χ4n) is 3.95. The number of halogens is 1. The number of nitrogens with zero attached hydrogens (tertiary/aromatic N) is 5. The maximum Gasteiger partial charge on any atom is 0.243 e. The van der Waals surface area contributed by atoms with Crippen molar-refractivity contribution in [3.05, 3.63) is 70.5 Å². The van der Waals surface area contributed by atoms with E-state index in [4.69, 9.17) is 14.5 Å². The second kappa shape index (κ2) is 11.4. The topological polar surface area (TPSA) is 76.8 Å². The van der Waals surface area contributed by atoms with Crippen molar-refractivity contribution in [1.29, 1.82) is 0 Å². The van der Waals surface area contributed by atoms with Gasteiger partial charge in [-0.3, -0.25) is 0 Å². The van der Waals surface area contributed by atoms with Gasteiger partial charge in [-0.1, -0.05) is 37.6 Å². The van der Waals surface area contributed by atoms with E-state index in [1.807, 2.05) is 24.3 Å². The molecule has 4 aromatic rings. The standard InChI is InChI=1S/C26H31BrN6O2/c1-5-6-18(2)29-26-30-25(24-28-15-23(27)33(24)31-26)32(16-19-7-11-21(34-3)12-8-19)17-20-9-13-22(35-4)14-10-20/h7-15,18H,5-6,16-17H2,1-4H3,(H,29,31). The molecule has 4 rings (SSSR count). The lowest BCUT2D eigenvalue weighted by atomic mass is 10.1. The molecule has 0 saturated carbocycles. The van der Waals surface area contributed by atoms with Crippen LogP contribution >= 0.6 is 15.9 Å². The summed E-state index contributed by atoms with van der Waals surface area (Å²) in [5.74, 6) is 2.98. The van der Waals surface area contributed by atoms with Crippen molar-refractivity contribution in [3.63, 3.8) is 0 Å². The van der Waals surface area contributed by atoms with Crippen molar-refractivity contribution in [2.75, 3.05) is 24.4 Å². The number of imidazole rings is 1. The van der Waals surface area contributed by atoms with Gasteiger partial charge in [-0.05, 0) is 64.7 Å². The Bertz CT molecular complexity index is 1190. The molecule has 0 bridgehead atoms. The highest BCUT2D eigenvalue weighted by Gasteiger charge is 2.20. The first kappa shape index (κ1) is 24.8. The number of aromatic nitrogens is 4. The van der Waals surface area contributed by atoms with Gasteiger partial charge in [-0.25, -0.2) is 4.98 Å². The van der Waals surface area contributed by atoms with E-state index in [1.54, 1.807) is 24.9 Å². The highest BCUT2D eigenvalue weighted by atomic mass is 79.9. The molecule has 35 heavy (non-hydrogen) atoms. The molecule has 0 radical (unpaired) electrons. The second-order valence-corrected chi connectivity index (χ2v) is 9.27. The molecule has 2 heterocycles. The smallest absolute Gasteiger partial charge is 0.243 e. The Balaban J connectivity index is 1.75. The molecule has 2 aromatic heterocycles. The lowest BCUT2D eigenvalue weighted by Crippen LogP contribution is -2.26. The summed E-state index contributed by atoms with van der Waals surface area (Å²) in [6, 6.07) is 16.4. The Morgan fingerprint density at radius 3 is 2.06 bits per heavy atom. The summed E-state index contributed by atoms with van der Waals surface area (Å²) in [4.78, 5) is 11.8. The van der Waals surface area contributed by atoms with Gasteiger partial charge in [0, 0.05) is 19.1 Å². The first-order chi connectivity index (χ1) is 17.0. The van der Waals surface area contributed by atoms with Crippen LogP contribution in [0.3, 0.4) is 0 Å². The normalized spacial score (nSPS) is 11.9. The minimum absolute atomic E-state index is 0.254. The fourth-order valence-corrected chi connectivity index (χ4v) is 4.30. The van der Waals surface area contributed by atoms with Crippen LogP contribution in [0.4, 0.5) is 11.8 Å². The number of fused-ring (bicyclic) bond motifs is 1. The molecule has 8 nitrogen and oxygen atoms in total. The first-order valence-electron chi connectivity index (χ1n) is 11.7. The molecule has 1 N–H and O–H groups in total. The lowest BCUT2D eigenvalue weighted by molar-refractivity contribution is 0.414. The monoisotopic (exact) mass is 538 g/mol. The quantitative estimate of drug-likeness (QED) is 0.262. The summed E-state index contributed by atoms with van der Waals surface area (Å²) in [5.41, 5.74) is 2.96. The van der Waals surface area contributed by atoms with Gasteiger partial charge in [-0.15, -0.1) is 5.10 Å². The second-order valence-electron chi connectivity index (χ2n) is 8.46. The molecular weight excluding hydrogens is 508 g/mol. The molecule has 0 aliphatic rings. The van der Waals surface area contributed by atoms with Crippen LogP contribution in [0.25, 0.3) is 5.65 Å². The van der Waals surface area contributed by atoms with Gasteiger partial charge >= 0.3 is 0 Å². The molecule has 2 aromatic carbocycles. The van der Waals surface area contributed by atoms with Gasteiger partial charge < -0.3 is 19.7 Å². The molecule has 0 spiro atoms. The third kappa shape index (κ3) is 6.03. The van der Waals surface area contributed by atoms with E-state index < -0.39 is 0 Å². The molecule has 9 heteroatoms. The van der Waals surface area contributed by atoms with E-state index in [0.29, 0.717) is 24.7 Å². The molecule has 0 saturated heterocycles. The number of nitrogens with one attached hydrogen (secondary N) is 1. The summed E-state index contributed by atoms with van der Waals surface area (Å²) < 4.78 is 13.2. The first-order valence-corrected chi connectivity index (χ1v) is 12.5. The summed E-state index contributed by atoms with van der Waals surface area (Å²) in [5, 5.41) is 8.14. The van der Waals surface area contributed by atoms with E-state index in [1.165, 1.54) is 0 Å². The molecule has 0 fully saturated rings. The highest BCUT2D eigenvalue weighted by molar-refractivity contribution is 9.10. The van der Waals surface area contributed by atoms with Crippen molar-refractivity contribution in [2.24, 2.45) is 0 Å². The third-order valence-corrected chi connectivity index (χ3v) is 6.31. The van der Waals surface area contributed by atoms with Crippen LogP contribution in [0.15, 0.2) is 59.3 Å². The molecule has 0 amide bonds. The van der Waals surface area contributed by atoms with Crippen LogP contribution < -0.4 is 19.7 Å². The predicted octanol–water partition coefficient (Wildman–Crippen LogP) is 5.71. The van der Waals surface area contributed by atoms with Gasteiger partial charge in [0.15, 0.2) is 11.5 Å². The Morgan fingerprint density at radius 1 is 0.971 bits per heavy atom. The zero-order chi connectivity index (χ0) is 24.8. The van der Waals surface area contributed by atoms with Crippen LogP contribution in [0.2, 0.25) is 0 Å². The third-order valence-electron chi connectivity index (χ3n) is 5.76. The summed E-state index contributed by atoms with van der Waals surface area (Å²) in [6.45, 7) is 5.59. The number of methoxy groups -OCH3 is 2. The number of benzene rings is 2. The van der Waals surface area contributed by atoms with Gasteiger partial charge in [0.25, 0.3) is 0 Å². The Morgan fingerprint density at radius 2 is 1.54 bits per heavy atom. The van der Waals surface area contributed by atoms with E-state index in [2.05, 4.69) is 74.3 Å². The molecule has 0 aliphatic carbocycles. The van der Waals surface area contributed by atoms with Crippen LogP contribution in [0.5, 0.6) is 11.5 Å². The lowest BCUT2D eigenvalue weighted by Gasteiger charge is -2.25. The number of hydrogen-bond donors (Lipinski definition) is 1. The minimum Gasteiger partial charge on any atom is -0.497 e. The van der Waals surface area contributed by atoms with Crippen LogP contribution in [-0.4, -0.2) is 39.8 Å². The summed E-state index contributed by atoms with van der Waals surface area (Å²) >= 11 is 3.58. The van der Waals surface area contributed by atoms with Gasteiger partial charge in [-0.2, -0.15) is 9.50 Å². The molecule has 0 aliphatic heterocycles. The van der Waals surface area contributed by atoms with Crippen LogP contribution in [0, 0.1) is 0 Å². The van der Waals surface area contributed by atoms with Crippen LogP contribution in [0.1, 0.15) is 37.8 Å². The van der Waals surface area contributed by atoms with Gasteiger partial charge in [0.2, 0.25) is 5.95 Å². The Kier molecular flexibility index (Phi) is 8.07. The number of ether oxygens (including phenoxy) is 2. The van der Waals surface area contributed by atoms with E-state index in [-0.39, 0.29) is 6.04 Å². The van der Waals surface area contributed by atoms with Gasteiger partial charge in [0.1, 0.15) is 16.1 Å². The van der Waals surface area contributed by atoms with Crippen molar-refractivity contribution in [1.82, 2.24) is 19.6 Å². The van der Waals surface area contributed by atoms with Crippen molar-refractivity contribution >= 4 is 33.3 Å². The maximum atomic E-state index is 5.34. The largest absolute Gasteiger partial charge is 0.497 e. The molecule has 1 unspecified atom stereocenters. The van der Waals surface area contributed by atoms with Crippen molar-refractivity contribution in [3.8, 4) is 11.5 Å². The summed E-state index contributed by atoms with van der Waals surface area (Å²) in [7, 11) is 3.35. The van der Waals surface area contributed by atoms with E-state index in [0.717, 1.165) is 45.9 Å². The van der Waals surface area contributed by atoms with E-state index >= 15 is 0 Å². The van der Waals surface area contributed by atoms with Crippen molar-refractivity contribution < 1.29 is 9.47 Å². The molecule has 1 atom stereocenters. The molecule has 184 valence electrons. The van der Waals surface area contributed by atoms with Gasteiger partial charge in [0.05, 0.1) is 20.4 Å². The SMILES string of the molecule is CCCC(C)Nc1nc(N(Cc2ccc(OC)cc2)Cc2ccc(OC)cc2)c2ncc(Br)n2n1. The average molecular weight is 539 g/mol. The maximum absolute atomic E-state index is 5.34.